The molecule has 1 aromatic carbocycles. The number of aromatic nitrogens is 4. The van der Waals surface area contributed by atoms with Crippen LogP contribution in [0.2, 0.25) is 0 Å². The number of nitrogens with zero attached hydrogens (tertiary/aromatic N) is 5. The van der Waals surface area contributed by atoms with Gasteiger partial charge < -0.3 is 14.2 Å². The maximum absolute atomic E-state index is 5.90. The number of allylic oxidation sites excluding steroid dienone is 1. The summed E-state index contributed by atoms with van der Waals surface area (Å²) in [5.74, 6) is 3.40. The third-order valence-electron chi connectivity index (χ3n) is 5.49. The second-order valence-corrected chi connectivity index (χ2v) is 7.77. The molecule has 2 atom stereocenters. The van der Waals surface area contributed by atoms with Crippen LogP contribution < -0.4 is 4.90 Å². The van der Waals surface area contributed by atoms with Gasteiger partial charge in [0.15, 0.2) is 5.65 Å². The van der Waals surface area contributed by atoms with Crippen molar-refractivity contribution in [2.75, 3.05) is 18.0 Å². The van der Waals surface area contributed by atoms with E-state index in [1.807, 2.05) is 4.57 Å². The minimum Gasteiger partial charge on any atom is -0.372 e. The van der Waals surface area contributed by atoms with Gasteiger partial charge in [0.2, 0.25) is 5.95 Å². The summed E-state index contributed by atoms with van der Waals surface area (Å²) in [6, 6.07) is 6.37. The van der Waals surface area contributed by atoms with Crippen LogP contribution in [0.25, 0.3) is 28.5 Å². The van der Waals surface area contributed by atoms with Crippen molar-refractivity contribution in [3.05, 3.63) is 41.7 Å². The molecule has 3 heterocycles. The molecule has 1 fully saturated rings. The highest BCUT2D eigenvalue weighted by Gasteiger charge is 2.26. The van der Waals surface area contributed by atoms with Crippen LogP contribution in [-0.4, -0.2) is 44.8 Å². The maximum Gasteiger partial charge on any atom is 0.228 e. The largest absolute Gasteiger partial charge is 0.372 e. The summed E-state index contributed by atoms with van der Waals surface area (Å²) in [6.45, 7) is 6.10. The molecule has 2 unspecified atom stereocenters. The highest BCUT2D eigenvalue weighted by atomic mass is 16.5. The normalized spacial score (nSPS) is 20.8. The van der Waals surface area contributed by atoms with Crippen LogP contribution in [0.1, 0.15) is 25.0 Å². The smallest absolute Gasteiger partial charge is 0.228 e. The lowest BCUT2D eigenvalue weighted by Crippen LogP contribution is -2.46. The Morgan fingerprint density at radius 1 is 1.21 bits per heavy atom. The van der Waals surface area contributed by atoms with Crippen LogP contribution in [0.5, 0.6) is 0 Å². The first-order chi connectivity index (χ1) is 14.1. The highest BCUT2D eigenvalue weighted by Crippen LogP contribution is 2.34. The van der Waals surface area contributed by atoms with Gasteiger partial charge in [0.1, 0.15) is 11.2 Å². The van der Waals surface area contributed by atoms with Crippen molar-refractivity contribution >= 4 is 23.2 Å². The predicted octanol–water partition coefficient (Wildman–Crippen LogP) is 3.31. The van der Waals surface area contributed by atoms with Gasteiger partial charge in [0.25, 0.3) is 0 Å². The molecule has 1 aliphatic heterocycles. The topological polar surface area (TPSA) is 56.1 Å². The number of rotatable bonds is 3. The summed E-state index contributed by atoms with van der Waals surface area (Å²) in [7, 11) is 0. The first-order valence-electron chi connectivity index (χ1n) is 9.99. The van der Waals surface area contributed by atoms with Gasteiger partial charge >= 0.3 is 0 Å². The minimum atomic E-state index is 0.126. The predicted molar refractivity (Wildman–Crippen MR) is 115 cm³/mol. The number of ether oxygens (including phenoxy) is 1. The van der Waals surface area contributed by atoms with Gasteiger partial charge in [-0.1, -0.05) is 36.3 Å². The summed E-state index contributed by atoms with van der Waals surface area (Å²) < 4.78 is 7.81. The summed E-state index contributed by atoms with van der Waals surface area (Å²) in [5, 5.41) is 0. The molecule has 29 heavy (non-hydrogen) atoms. The molecule has 0 bridgehead atoms. The number of hydrogen-bond acceptors (Lipinski definition) is 5. The van der Waals surface area contributed by atoms with Gasteiger partial charge in [-0.15, -0.1) is 6.42 Å². The fourth-order valence-electron chi connectivity index (χ4n) is 4.32. The fourth-order valence-corrected chi connectivity index (χ4v) is 4.32. The van der Waals surface area contributed by atoms with E-state index in [1.54, 1.807) is 6.33 Å². The van der Waals surface area contributed by atoms with Crippen LogP contribution >= 0.6 is 0 Å². The SMILES string of the molecule is C#CCn1cnc2c(-c3cccc4c3C=CC4)nc(N3CC(C)OC(C)C3)nc21. The molecule has 3 aromatic rings. The number of benzene rings is 1. The number of morpholine rings is 1. The molecule has 0 amide bonds. The van der Waals surface area contributed by atoms with Crippen molar-refractivity contribution < 1.29 is 4.74 Å². The van der Waals surface area contributed by atoms with E-state index in [0.29, 0.717) is 12.5 Å². The molecular weight excluding hydrogens is 362 g/mol. The Hall–Kier alpha value is -3.17. The molecular formula is C23H23N5O. The molecule has 1 aliphatic carbocycles. The molecule has 0 spiro atoms. The summed E-state index contributed by atoms with van der Waals surface area (Å²) in [5.41, 5.74) is 6.03. The van der Waals surface area contributed by atoms with E-state index in [-0.39, 0.29) is 12.2 Å². The van der Waals surface area contributed by atoms with Crippen molar-refractivity contribution in [3.8, 4) is 23.6 Å². The molecule has 6 heteroatoms. The molecule has 0 radical (unpaired) electrons. The molecule has 5 rings (SSSR count). The fraction of sp³-hybridized carbons (Fsp3) is 0.348. The quantitative estimate of drug-likeness (QED) is 0.648. The van der Waals surface area contributed by atoms with Gasteiger partial charge in [-0.05, 0) is 31.4 Å². The summed E-state index contributed by atoms with van der Waals surface area (Å²) in [4.78, 5) is 16.7. The maximum atomic E-state index is 5.90. The zero-order valence-electron chi connectivity index (χ0n) is 16.7. The van der Waals surface area contributed by atoms with E-state index in [0.717, 1.165) is 41.9 Å². The van der Waals surface area contributed by atoms with Gasteiger partial charge in [0.05, 0.1) is 25.1 Å². The lowest BCUT2D eigenvalue weighted by atomic mass is 10.0. The standard InChI is InChI=1S/C23H23N5O/c1-4-11-27-14-24-21-20(19-10-6-8-17-7-5-9-18(17)19)25-23(26-22(21)27)28-12-15(2)29-16(3)13-28/h1,5-6,8-10,14-16H,7,11-13H2,2-3H3. The molecule has 0 saturated carbocycles. The summed E-state index contributed by atoms with van der Waals surface area (Å²) in [6.07, 6.45) is 12.9. The first-order valence-corrected chi connectivity index (χ1v) is 9.99. The van der Waals surface area contributed by atoms with E-state index in [2.05, 4.69) is 60.0 Å². The highest BCUT2D eigenvalue weighted by molar-refractivity contribution is 5.92. The zero-order valence-corrected chi connectivity index (χ0v) is 16.7. The van der Waals surface area contributed by atoms with E-state index in [9.17, 15) is 0 Å². The number of hydrogen-bond donors (Lipinski definition) is 0. The molecule has 0 N–H and O–H groups in total. The van der Waals surface area contributed by atoms with Crippen molar-refractivity contribution in [1.29, 1.82) is 0 Å². The molecule has 146 valence electrons. The molecule has 6 nitrogen and oxygen atoms in total. The van der Waals surface area contributed by atoms with Crippen LogP contribution in [0.3, 0.4) is 0 Å². The zero-order chi connectivity index (χ0) is 20.0. The second-order valence-electron chi connectivity index (χ2n) is 7.77. The van der Waals surface area contributed by atoms with Crippen molar-refractivity contribution in [2.45, 2.75) is 39.0 Å². The lowest BCUT2D eigenvalue weighted by Gasteiger charge is -2.35. The number of fused-ring (bicyclic) bond motifs is 2. The van der Waals surface area contributed by atoms with E-state index in [4.69, 9.17) is 21.1 Å². The Morgan fingerprint density at radius 3 is 2.83 bits per heavy atom. The van der Waals surface area contributed by atoms with Crippen LogP contribution in [0.15, 0.2) is 30.6 Å². The third-order valence-corrected chi connectivity index (χ3v) is 5.49. The Kier molecular flexibility index (Phi) is 4.33. The van der Waals surface area contributed by atoms with Crippen LogP contribution in [0.4, 0.5) is 5.95 Å². The van der Waals surface area contributed by atoms with Crippen molar-refractivity contribution in [1.82, 2.24) is 19.5 Å². The van der Waals surface area contributed by atoms with Crippen LogP contribution in [-0.2, 0) is 17.7 Å². The molecule has 2 aromatic heterocycles. The van der Waals surface area contributed by atoms with Crippen LogP contribution in [0, 0.1) is 12.3 Å². The number of anilines is 1. The monoisotopic (exact) mass is 385 g/mol. The van der Waals surface area contributed by atoms with Gasteiger partial charge in [-0.25, -0.2) is 9.97 Å². The molecule has 2 aliphatic rings. The summed E-state index contributed by atoms with van der Waals surface area (Å²) >= 11 is 0. The Labute approximate surface area is 170 Å². The van der Waals surface area contributed by atoms with Gasteiger partial charge in [-0.2, -0.15) is 4.98 Å². The first kappa shape index (κ1) is 17.9. The number of terminal acetylenes is 1. The third kappa shape index (κ3) is 3.08. The number of imidazole rings is 1. The van der Waals surface area contributed by atoms with Gasteiger partial charge in [0, 0.05) is 18.7 Å². The minimum absolute atomic E-state index is 0.126. The van der Waals surface area contributed by atoms with Crippen molar-refractivity contribution in [2.24, 2.45) is 0 Å². The lowest BCUT2D eigenvalue weighted by molar-refractivity contribution is -0.00569. The Morgan fingerprint density at radius 2 is 2.03 bits per heavy atom. The second kappa shape index (κ2) is 7.02. The van der Waals surface area contributed by atoms with Crippen molar-refractivity contribution in [3.63, 3.8) is 0 Å². The van der Waals surface area contributed by atoms with Gasteiger partial charge in [-0.3, -0.25) is 0 Å². The van der Waals surface area contributed by atoms with E-state index in [1.165, 1.54) is 11.1 Å². The average Bonchev–Trinajstić information content (AvgIpc) is 3.34. The average molecular weight is 385 g/mol. The Bertz CT molecular complexity index is 1150. The molecule has 1 saturated heterocycles. The Balaban J connectivity index is 1.72. The van der Waals surface area contributed by atoms with E-state index >= 15 is 0 Å². The van der Waals surface area contributed by atoms with E-state index < -0.39 is 0 Å².